The molecular formula is C22H26N2O3. The maximum Gasteiger partial charge on any atom is 0.237 e. The lowest BCUT2D eigenvalue weighted by atomic mass is 9.73. The van der Waals surface area contributed by atoms with Crippen molar-refractivity contribution in [1.82, 2.24) is 4.90 Å². The number of anilines is 1. The highest BCUT2D eigenvalue weighted by atomic mass is 16.3. The Morgan fingerprint density at radius 3 is 2.48 bits per heavy atom. The Morgan fingerprint density at radius 2 is 1.78 bits per heavy atom. The summed E-state index contributed by atoms with van der Waals surface area (Å²) < 4.78 is 0. The van der Waals surface area contributed by atoms with Crippen LogP contribution in [-0.2, 0) is 21.4 Å². The maximum atomic E-state index is 13.4. The monoisotopic (exact) mass is 366 g/mol. The molecule has 142 valence electrons. The molecule has 0 bridgehead atoms. The lowest BCUT2D eigenvalue weighted by Gasteiger charge is -2.29. The van der Waals surface area contributed by atoms with Crippen molar-refractivity contribution in [3.63, 3.8) is 0 Å². The smallest absolute Gasteiger partial charge is 0.237 e. The van der Waals surface area contributed by atoms with E-state index in [1.165, 1.54) is 4.90 Å². The van der Waals surface area contributed by atoms with E-state index in [1.54, 1.807) is 19.0 Å². The largest absolute Gasteiger partial charge is 0.395 e. The summed E-state index contributed by atoms with van der Waals surface area (Å²) in [6.45, 7) is 0.233. The summed E-state index contributed by atoms with van der Waals surface area (Å²) in [6.07, 6.45) is 1.26. The Hall–Kier alpha value is -2.66. The highest BCUT2D eigenvalue weighted by Crippen LogP contribution is 2.46. The van der Waals surface area contributed by atoms with E-state index < -0.39 is 5.41 Å². The lowest BCUT2D eigenvalue weighted by Crippen LogP contribution is -2.42. The van der Waals surface area contributed by atoms with Crippen LogP contribution in [0.2, 0.25) is 0 Å². The second kappa shape index (κ2) is 7.92. The van der Waals surface area contributed by atoms with Crippen LogP contribution in [0.1, 0.15) is 24.0 Å². The number of benzene rings is 2. The second-order valence-corrected chi connectivity index (χ2v) is 7.16. The summed E-state index contributed by atoms with van der Waals surface area (Å²) in [5.41, 5.74) is 2.23. The van der Waals surface area contributed by atoms with Crippen LogP contribution in [0, 0.1) is 0 Å². The number of hydrogen-bond acceptors (Lipinski definition) is 3. The molecule has 1 aliphatic rings. The lowest BCUT2D eigenvalue weighted by molar-refractivity contribution is -0.131. The fourth-order valence-corrected chi connectivity index (χ4v) is 3.95. The van der Waals surface area contributed by atoms with Crippen LogP contribution in [0.4, 0.5) is 5.69 Å². The fraction of sp³-hybridized carbons (Fsp3) is 0.364. The molecule has 0 radical (unpaired) electrons. The average Bonchev–Trinajstić information content (AvgIpc) is 2.90. The molecule has 1 N–H and O–H groups in total. The third-order valence-electron chi connectivity index (χ3n) is 5.47. The van der Waals surface area contributed by atoms with Crippen molar-refractivity contribution in [3.8, 4) is 0 Å². The van der Waals surface area contributed by atoms with E-state index in [4.69, 9.17) is 5.11 Å². The SMILES string of the molecule is CN(CCO)C(=O)CC[C@@]1(Cc2ccccc2)C(=O)N(C)c2ccccc21. The molecule has 1 aliphatic heterocycles. The van der Waals surface area contributed by atoms with E-state index in [9.17, 15) is 9.59 Å². The Labute approximate surface area is 160 Å². The molecule has 0 aromatic heterocycles. The minimum Gasteiger partial charge on any atom is -0.395 e. The zero-order valence-electron chi connectivity index (χ0n) is 15.9. The molecule has 0 spiro atoms. The third-order valence-corrected chi connectivity index (χ3v) is 5.47. The van der Waals surface area contributed by atoms with Crippen molar-refractivity contribution in [2.75, 3.05) is 32.1 Å². The van der Waals surface area contributed by atoms with Gasteiger partial charge in [-0.3, -0.25) is 9.59 Å². The number of carbonyl (C=O) groups excluding carboxylic acids is 2. The standard InChI is InChI=1S/C22H26N2O3/c1-23(14-15-25)20(26)12-13-22(16-17-8-4-3-5-9-17)18-10-6-7-11-19(18)24(2)21(22)27/h3-11,25H,12-16H2,1-2H3/t22-/m0/s1. The number of aliphatic hydroxyl groups is 1. The Bertz CT molecular complexity index is 821. The van der Waals surface area contributed by atoms with Crippen molar-refractivity contribution < 1.29 is 14.7 Å². The van der Waals surface area contributed by atoms with Gasteiger partial charge < -0.3 is 14.9 Å². The summed E-state index contributed by atoms with van der Waals surface area (Å²) in [4.78, 5) is 29.1. The molecule has 1 atom stereocenters. The van der Waals surface area contributed by atoms with Crippen molar-refractivity contribution in [1.29, 1.82) is 0 Å². The van der Waals surface area contributed by atoms with Crippen LogP contribution in [-0.4, -0.2) is 49.1 Å². The Kier molecular flexibility index (Phi) is 5.61. The van der Waals surface area contributed by atoms with Gasteiger partial charge >= 0.3 is 0 Å². The quantitative estimate of drug-likeness (QED) is 0.818. The van der Waals surface area contributed by atoms with E-state index in [-0.39, 0.29) is 24.8 Å². The number of hydrogen-bond donors (Lipinski definition) is 1. The second-order valence-electron chi connectivity index (χ2n) is 7.16. The van der Waals surface area contributed by atoms with E-state index in [0.29, 0.717) is 19.4 Å². The topological polar surface area (TPSA) is 60.9 Å². The normalized spacial score (nSPS) is 18.5. The van der Waals surface area contributed by atoms with Crippen molar-refractivity contribution in [3.05, 3.63) is 65.7 Å². The van der Waals surface area contributed by atoms with Crippen LogP contribution in [0.5, 0.6) is 0 Å². The molecule has 0 aliphatic carbocycles. The van der Waals surface area contributed by atoms with Crippen LogP contribution < -0.4 is 4.90 Å². The molecule has 3 rings (SSSR count). The summed E-state index contributed by atoms with van der Waals surface area (Å²) in [7, 11) is 3.48. The molecule has 2 aromatic carbocycles. The number of aliphatic hydroxyl groups excluding tert-OH is 1. The van der Waals surface area contributed by atoms with E-state index in [2.05, 4.69) is 0 Å². The van der Waals surface area contributed by atoms with Gasteiger partial charge in [-0.15, -0.1) is 0 Å². The molecule has 0 unspecified atom stereocenters. The number of fused-ring (bicyclic) bond motifs is 1. The summed E-state index contributed by atoms with van der Waals surface area (Å²) in [6, 6.07) is 17.8. The minimum atomic E-state index is -0.748. The van der Waals surface area contributed by atoms with Crippen LogP contribution in [0.15, 0.2) is 54.6 Å². The van der Waals surface area contributed by atoms with Gasteiger partial charge in [0, 0.05) is 32.7 Å². The number of likely N-dealkylation sites (N-methyl/N-ethyl adjacent to an activating group) is 2. The predicted octanol–water partition coefficient (Wildman–Crippen LogP) is 2.37. The van der Waals surface area contributed by atoms with Gasteiger partial charge in [0.1, 0.15) is 0 Å². The number of para-hydroxylation sites is 1. The molecule has 1 heterocycles. The summed E-state index contributed by atoms with van der Waals surface area (Å²) in [5, 5.41) is 9.06. The van der Waals surface area contributed by atoms with Crippen molar-refractivity contribution >= 4 is 17.5 Å². The molecule has 2 amide bonds. The number of amides is 2. The van der Waals surface area contributed by atoms with Gasteiger partial charge in [0.15, 0.2) is 0 Å². The number of nitrogens with zero attached hydrogens (tertiary/aromatic N) is 2. The van der Waals surface area contributed by atoms with Crippen molar-refractivity contribution in [2.45, 2.75) is 24.7 Å². The van der Waals surface area contributed by atoms with Gasteiger partial charge in [-0.25, -0.2) is 0 Å². The predicted molar refractivity (Wildman–Crippen MR) is 106 cm³/mol. The number of carbonyl (C=O) groups is 2. The Morgan fingerprint density at radius 1 is 1.11 bits per heavy atom. The first-order valence-electron chi connectivity index (χ1n) is 9.26. The first-order chi connectivity index (χ1) is 13.0. The fourth-order valence-electron chi connectivity index (χ4n) is 3.95. The Balaban J connectivity index is 1.96. The van der Waals surface area contributed by atoms with Gasteiger partial charge in [-0.1, -0.05) is 48.5 Å². The van der Waals surface area contributed by atoms with E-state index in [0.717, 1.165) is 16.8 Å². The van der Waals surface area contributed by atoms with Crippen LogP contribution >= 0.6 is 0 Å². The van der Waals surface area contributed by atoms with Gasteiger partial charge in [0.05, 0.1) is 12.0 Å². The van der Waals surface area contributed by atoms with E-state index >= 15 is 0 Å². The van der Waals surface area contributed by atoms with Crippen LogP contribution in [0.3, 0.4) is 0 Å². The highest BCUT2D eigenvalue weighted by Gasteiger charge is 2.49. The summed E-state index contributed by atoms with van der Waals surface area (Å²) in [5.74, 6) is -0.0264. The van der Waals surface area contributed by atoms with Crippen LogP contribution in [0.25, 0.3) is 0 Å². The number of rotatable bonds is 7. The maximum absolute atomic E-state index is 13.4. The molecule has 5 nitrogen and oxygen atoms in total. The highest BCUT2D eigenvalue weighted by molar-refractivity contribution is 6.08. The molecule has 2 aromatic rings. The summed E-state index contributed by atoms with van der Waals surface area (Å²) >= 11 is 0. The zero-order chi connectivity index (χ0) is 19.4. The first-order valence-corrected chi connectivity index (χ1v) is 9.26. The van der Waals surface area contributed by atoms with Gasteiger partial charge in [-0.2, -0.15) is 0 Å². The third kappa shape index (κ3) is 3.60. The average molecular weight is 366 g/mol. The molecule has 0 fully saturated rings. The molecular weight excluding hydrogens is 340 g/mol. The molecule has 5 heteroatoms. The van der Waals surface area contributed by atoms with Crippen molar-refractivity contribution in [2.24, 2.45) is 0 Å². The first kappa shape index (κ1) is 19.1. The molecule has 0 saturated heterocycles. The zero-order valence-corrected chi connectivity index (χ0v) is 15.9. The minimum absolute atomic E-state index is 0.0326. The molecule has 0 saturated carbocycles. The van der Waals surface area contributed by atoms with Gasteiger partial charge in [-0.05, 0) is 30.0 Å². The van der Waals surface area contributed by atoms with Gasteiger partial charge in [0.25, 0.3) is 0 Å². The molecule has 27 heavy (non-hydrogen) atoms. The van der Waals surface area contributed by atoms with Gasteiger partial charge in [0.2, 0.25) is 11.8 Å². The van der Waals surface area contributed by atoms with E-state index in [1.807, 2.05) is 54.6 Å².